The summed E-state index contributed by atoms with van der Waals surface area (Å²) in [6.07, 6.45) is -0.853. The highest BCUT2D eigenvalue weighted by molar-refractivity contribution is 6.39. The number of ether oxygens (including phenoxy) is 1. The first-order valence-electron chi connectivity index (χ1n) is 10.8. The summed E-state index contributed by atoms with van der Waals surface area (Å²) in [5.74, 6) is -5.14. The Labute approximate surface area is 212 Å². The molecule has 0 spiro atoms. The molecular formula is C25H25Cl2NO7. The number of aliphatic carboxylic acids is 1. The molecule has 0 bridgehead atoms. The number of esters is 1. The van der Waals surface area contributed by atoms with Crippen molar-refractivity contribution >= 4 is 52.6 Å². The molecule has 0 fully saturated rings. The molecule has 2 aromatic carbocycles. The van der Waals surface area contributed by atoms with Crippen LogP contribution in [0.3, 0.4) is 0 Å². The lowest BCUT2D eigenvalue weighted by Crippen LogP contribution is -2.47. The average molecular weight is 522 g/mol. The van der Waals surface area contributed by atoms with Gasteiger partial charge in [0.05, 0.1) is 22.0 Å². The van der Waals surface area contributed by atoms with E-state index in [4.69, 9.17) is 27.9 Å². The van der Waals surface area contributed by atoms with Crippen molar-refractivity contribution in [2.75, 3.05) is 6.61 Å². The van der Waals surface area contributed by atoms with Crippen LogP contribution in [-0.4, -0.2) is 47.2 Å². The lowest BCUT2D eigenvalue weighted by atomic mass is 9.87. The van der Waals surface area contributed by atoms with Crippen LogP contribution in [0.25, 0.3) is 0 Å². The molecule has 1 amide bonds. The molecule has 0 heterocycles. The fraction of sp³-hybridized carbons (Fsp3) is 0.320. The van der Waals surface area contributed by atoms with Crippen LogP contribution in [0.15, 0.2) is 48.5 Å². The number of carboxylic acids is 1. The molecule has 0 aliphatic heterocycles. The van der Waals surface area contributed by atoms with Gasteiger partial charge in [-0.3, -0.25) is 19.2 Å². The SMILES string of the molecule is CC(C)[C@H](CC(=O)c1ccccc1)C(=O)N[C@@H](CC(=O)O)C(=O)COC(=O)c1c(Cl)cccc1Cl. The monoisotopic (exact) mass is 521 g/mol. The summed E-state index contributed by atoms with van der Waals surface area (Å²) in [6, 6.07) is 11.3. The summed E-state index contributed by atoms with van der Waals surface area (Å²) in [7, 11) is 0. The van der Waals surface area contributed by atoms with Gasteiger partial charge in [0.15, 0.2) is 18.2 Å². The molecule has 0 saturated carbocycles. The first-order chi connectivity index (χ1) is 16.5. The van der Waals surface area contributed by atoms with Crippen molar-refractivity contribution in [3.8, 4) is 0 Å². The van der Waals surface area contributed by atoms with E-state index in [1.807, 2.05) is 0 Å². The number of nitrogens with one attached hydrogen (secondary N) is 1. The van der Waals surface area contributed by atoms with Gasteiger partial charge in [-0.1, -0.05) is 73.4 Å². The Morgan fingerprint density at radius 3 is 2.06 bits per heavy atom. The minimum Gasteiger partial charge on any atom is -0.481 e. The van der Waals surface area contributed by atoms with Crippen molar-refractivity contribution in [1.82, 2.24) is 5.32 Å². The van der Waals surface area contributed by atoms with Crippen LogP contribution < -0.4 is 5.32 Å². The van der Waals surface area contributed by atoms with E-state index in [1.54, 1.807) is 44.2 Å². The van der Waals surface area contributed by atoms with Crippen molar-refractivity contribution in [2.45, 2.75) is 32.7 Å². The van der Waals surface area contributed by atoms with Gasteiger partial charge in [0.1, 0.15) is 6.04 Å². The summed E-state index contributed by atoms with van der Waals surface area (Å²) in [5.41, 5.74) is 0.302. The second-order valence-corrected chi connectivity index (χ2v) is 8.96. The molecule has 186 valence electrons. The summed E-state index contributed by atoms with van der Waals surface area (Å²) in [4.78, 5) is 61.9. The first kappa shape index (κ1) is 28.0. The van der Waals surface area contributed by atoms with Gasteiger partial charge in [0.25, 0.3) is 0 Å². The topological polar surface area (TPSA) is 127 Å². The molecule has 0 unspecified atom stereocenters. The predicted molar refractivity (Wildman–Crippen MR) is 130 cm³/mol. The van der Waals surface area contributed by atoms with Gasteiger partial charge in [-0.05, 0) is 18.1 Å². The number of carbonyl (C=O) groups excluding carboxylic acids is 4. The van der Waals surface area contributed by atoms with E-state index in [2.05, 4.69) is 5.32 Å². The largest absolute Gasteiger partial charge is 0.481 e. The van der Waals surface area contributed by atoms with Gasteiger partial charge in [0, 0.05) is 17.9 Å². The number of benzene rings is 2. The minimum absolute atomic E-state index is 0.0215. The molecule has 0 radical (unpaired) electrons. The maximum atomic E-state index is 12.9. The van der Waals surface area contributed by atoms with E-state index in [9.17, 15) is 29.1 Å². The van der Waals surface area contributed by atoms with Crippen LogP contribution in [-0.2, 0) is 19.1 Å². The highest BCUT2D eigenvalue weighted by atomic mass is 35.5. The Morgan fingerprint density at radius 1 is 0.914 bits per heavy atom. The average Bonchev–Trinajstić information content (AvgIpc) is 2.80. The lowest BCUT2D eigenvalue weighted by Gasteiger charge is -2.23. The van der Waals surface area contributed by atoms with Gasteiger partial charge < -0.3 is 15.2 Å². The van der Waals surface area contributed by atoms with E-state index in [0.717, 1.165) is 0 Å². The van der Waals surface area contributed by atoms with Crippen molar-refractivity contribution in [2.24, 2.45) is 11.8 Å². The van der Waals surface area contributed by atoms with Gasteiger partial charge in [0.2, 0.25) is 5.91 Å². The molecule has 0 aliphatic carbocycles. The normalized spacial score (nSPS) is 12.5. The van der Waals surface area contributed by atoms with E-state index < -0.39 is 48.6 Å². The molecule has 2 rings (SSSR count). The van der Waals surface area contributed by atoms with E-state index in [0.29, 0.717) is 5.56 Å². The number of halogens is 2. The fourth-order valence-corrected chi connectivity index (χ4v) is 3.83. The molecule has 0 aliphatic rings. The van der Waals surface area contributed by atoms with Gasteiger partial charge in [-0.15, -0.1) is 0 Å². The fourth-order valence-electron chi connectivity index (χ4n) is 3.27. The second kappa shape index (κ2) is 13.0. The molecule has 2 aromatic rings. The third-order valence-electron chi connectivity index (χ3n) is 5.24. The molecular weight excluding hydrogens is 497 g/mol. The number of Topliss-reactive ketones (excluding diaryl/α,β-unsaturated/α-hetero) is 2. The maximum absolute atomic E-state index is 12.9. The first-order valence-corrected chi connectivity index (χ1v) is 11.5. The van der Waals surface area contributed by atoms with Crippen LogP contribution in [0.4, 0.5) is 0 Å². The molecule has 2 atom stereocenters. The Morgan fingerprint density at radius 2 is 1.51 bits per heavy atom. The van der Waals surface area contributed by atoms with E-state index >= 15 is 0 Å². The van der Waals surface area contributed by atoms with Crippen LogP contribution in [0, 0.1) is 11.8 Å². The minimum atomic E-state index is -1.47. The van der Waals surface area contributed by atoms with Crippen molar-refractivity contribution < 1.29 is 33.8 Å². The smallest absolute Gasteiger partial charge is 0.341 e. The number of amides is 1. The van der Waals surface area contributed by atoms with Crippen molar-refractivity contribution in [3.63, 3.8) is 0 Å². The van der Waals surface area contributed by atoms with Crippen molar-refractivity contribution in [1.29, 1.82) is 0 Å². The maximum Gasteiger partial charge on any atom is 0.341 e. The lowest BCUT2D eigenvalue weighted by molar-refractivity contribution is -0.141. The Hall–Kier alpha value is -3.23. The van der Waals surface area contributed by atoms with Crippen molar-refractivity contribution in [3.05, 3.63) is 69.7 Å². The quantitative estimate of drug-likeness (QED) is 0.316. The van der Waals surface area contributed by atoms with Crippen LogP contribution in [0.5, 0.6) is 0 Å². The number of ketones is 2. The van der Waals surface area contributed by atoms with Gasteiger partial charge in [-0.25, -0.2) is 4.79 Å². The predicted octanol–water partition coefficient (Wildman–Crippen LogP) is 4.22. The third kappa shape index (κ3) is 8.19. The molecule has 0 saturated heterocycles. The molecule has 35 heavy (non-hydrogen) atoms. The third-order valence-corrected chi connectivity index (χ3v) is 5.87. The molecule has 0 aromatic heterocycles. The van der Waals surface area contributed by atoms with Gasteiger partial charge in [-0.2, -0.15) is 0 Å². The summed E-state index contributed by atoms with van der Waals surface area (Å²) in [6.45, 7) is 2.67. The Kier molecular flexibility index (Phi) is 10.4. The Bertz CT molecular complexity index is 1080. The van der Waals surface area contributed by atoms with E-state index in [1.165, 1.54) is 18.2 Å². The zero-order valence-corrected chi connectivity index (χ0v) is 20.6. The zero-order valence-electron chi connectivity index (χ0n) is 19.1. The number of hydrogen-bond donors (Lipinski definition) is 2. The number of carboxylic acid groups (broad SMARTS) is 1. The summed E-state index contributed by atoms with van der Waals surface area (Å²) in [5, 5.41) is 11.7. The van der Waals surface area contributed by atoms with E-state index in [-0.39, 0.29) is 33.7 Å². The Balaban J connectivity index is 2.09. The molecule has 10 heteroatoms. The van der Waals surface area contributed by atoms with Gasteiger partial charge >= 0.3 is 11.9 Å². The molecule has 2 N–H and O–H groups in total. The number of rotatable bonds is 12. The number of carbonyl (C=O) groups is 5. The highest BCUT2D eigenvalue weighted by Gasteiger charge is 2.31. The van der Waals surface area contributed by atoms with Crippen LogP contribution in [0.2, 0.25) is 10.0 Å². The van der Waals surface area contributed by atoms with Crippen LogP contribution >= 0.6 is 23.2 Å². The summed E-state index contributed by atoms with van der Waals surface area (Å²) >= 11 is 11.9. The number of hydrogen-bond acceptors (Lipinski definition) is 6. The zero-order chi connectivity index (χ0) is 26.1. The standard InChI is InChI=1S/C25H25Cl2NO7/c1-14(2)16(11-20(29)15-7-4-3-5-8-15)24(33)28-19(12-22(31)32)21(30)13-35-25(34)23-17(26)9-6-10-18(23)27/h3-10,14,16,19H,11-13H2,1-2H3,(H,28,33)(H,31,32)/t16-,19-/m0/s1. The summed E-state index contributed by atoms with van der Waals surface area (Å²) < 4.78 is 4.97. The highest BCUT2D eigenvalue weighted by Crippen LogP contribution is 2.25. The van der Waals surface area contributed by atoms with Crippen LogP contribution in [0.1, 0.15) is 47.4 Å². The second-order valence-electron chi connectivity index (χ2n) is 8.14. The molecule has 8 nitrogen and oxygen atoms in total.